The topological polar surface area (TPSA) is 57.6 Å². The predicted octanol–water partition coefficient (Wildman–Crippen LogP) is 1.89. The molecule has 0 aliphatic heterocycles. The van der Waals surface area contributed by atoms with E-state index in [0.29, 0.717) is 24.7 Å². The summed E-state index contributed by atoms with van der Waals surface area (Å²) in [6, 6.07) is 0.168. The van der Waals surface area contributed by atoms with E-state index in [1.807, 2.05) is 0 Å². The first-order valence-electron chi connectivity index (χ1n) is 6.46. The number of hydrogen-bond donors (Lipinski definition) is 1. The fourth-order valence-corrected chi connectivity index (χ4v) is 3.47. The molecule has 0 aromatic heterocycles. The fraction of sp³-hybridized carbons (Fsp3) is 0.846. The van der Waals surface area contributed by atoms with Gasteiger partial charge in [0, 0.05) is 6.04 Å². The van der Waals surface area contributed by atoms with Gasteiger partial charge in [-0.3, -0.25) is 4.79 Å². The van der Waals surface area contributed by atoms with Gasteiger partial charge >= 0.3 is 5.97 Å². The maximum atomic E-state index is 11.7. The van der Waals surface area contributed by atoms with Crippen LogP contribution in [0.1, 0.15) is 46.0 Å². The van der Waals surface area contributed by atoms with Crippen molar-refractivity contribution in [2.45, 2.75) is 57.5 Å². The Kier molecular flexibility index (Phi) is 3.15. The molecule has 17 heavy (non-hydrogen) atoms. The van der Waals surface area contributed by atoms with Gasteiger partial charge in [0.1, 0.15) is 5.54 Å². The second-order valence-electron chi connectivity index (χ2n) is 5.93. The molecule has 2 aliphatic carbocycles. The molecule has 96 valence electrons. The van der Waals surface area contributed by atoms with Crippen LogP contribution in [0, 0.1) is 11.8 Å². The molecule has 0 spiro atoms. The summed E-state index contributed by atoms with van der Waals surface area (Å²) in [5.74, 6) is -0.0815. The molecule has 0 aromatic rings. The minimum atomic E-state index is -0.944. The lowest BCUT2D eigenvalue weighted by Crippen LogP contribution is -2.58. The molecule has 4 heteroatoms. The van der Waals surface area contributed by atoms with E-state index in [4.69, 9.17) is 0 Å². The summed E-state index contributed by atoms with van der Waals surface area (Å²) in [4.78, 5) is 24.6. The van der Waals surface area contributed by atoms with Crippen molar-refractivity contribution >= 4 is 12.4 Å². The number of hydrogen-bond acceptors (Lipinski definition) is 2. The van der Waals surface area contributed by atoms with Crippen molar-refractivity contribution in [3.8, 4) is 0 Å². The van der Waals surface area contributed by atoms with E-state index in [1.54, 1.807) is 4.90 Å². The minimum absolute atomic E-state index is 0.168. The molecule has 1 amide bonds. The van der Waals surface area contributed by atoms with Crippen molar-refractivity contribution in [1.29, 1.82) is 0 Å². The summed E-state index contributed by atoms with van der Waals surface area (Å²) in [5.41, 5.74) is -0.944. The van der Waals surface area contributed by atoms with Gasteiger partial charge in [-0.15, -0.1) is 0 Å². The molecular formula is C13H21NO3. The van der Waals surface area contributed by atoms with Crippen LogP contribution < -0.4 is 0 Å². The first-order valence-corrected chi connectivity index (χ1v) is 6.46. The van der Waals surface area contributed by atoms with Crippen molar-refractivity contribution in [2.24, 2.45) is 11.8 Å². The zero-order valence-electron chi connectivity index (χ0n) is 10.6. The average molecular weight is 239 g/mol. The fourth-order valence-electron chi connectivity index (χ4n) is 3.47. The molecule has 0 radical (unpaired) electrons. The molecule has 0 heterocycles. The maximum Gasteiger partial charge on any atom is 0.329 e. The molecule has 0 aromatic carbocycles. The Morgan fingerprint density at radius 2 is 1.82 bits per heavy atom. The van der Waals surface area contributed by atoms with Gasteiger partial charge in [0.15, 0.2) is 0 Å². The maximum absolute atomic E-state index is 11.7. The number of rotatable bonds is 4. The number of nitrogens with zero attached hydrogens (tertiary/aromatic N) is 1. The van der Waals surface area contributed by atoms with Gasteiger partial charge in [-0.2, -0.15) is 0 Å². The highest BCUT2D eigenvalue weighted by molar-refractivity contribution is 5.82. The van der Waals surface area contributed by atoms with E-state index >= 15 is 0 Å². The number of amides is 1. The van der Waals surface area contributed by atoms with E-state index in [2.05, 4.69) is 13.8 Å². The molecule has 2 atom stereocenters. The summed E-state index contributed by atoms with van der Waals surface area (Å²) in [6.07, 6.45) is 4.93. The highest BCUT2D eigenvalue weighted by Crippen LogP contribution is 2.43. The second-order valence-corrected chi connectivity index (χ2v) is 5.93. The van der Waals surface area contributed by atoms with E-state index in [9.17, 15) is 14.7 Å². The van der Waals surface area contributed by atoms with Gasteiger partial charge in [-0.1, -0.05) is 13.8 Å². The van der Waals surface area contributed by atoms with Crippen LogP contribution in [0.15, 0.2) is 0 Å². The molecule has 2 saturated carbocycles. The predicted molar refractivity (Wildman–Crippen MR) is 63.5 cm³/mol. The summed E-state index contributed by atoms with van der Waals surface area (Å²) >= 11 is 0. The number of carbonyl (C=O) groups is 2. The smallest absolute Gasteiger partial charge is 0.329 e. The van der Waals surface area contributed by atoms with Gasteiger partial charge in [0.25, 0.3) is 0 Å². The van der Waals surface area contributed by atoms with Crippen LogP contribution >= 0.6 is 0 Å². The Labute approximate surface area is 102 Å². The zero-order chi connectivity index (χ0) is 12.6. The van der Waals surface area contributed by atoms with E-state index < -0.39 is 11.5 Å². The van der Waals surface area contributed by atoms with Crippen LogP contribution in [0.3, 0.4) is 0 Å². The number of aliphatic carboxylic acids is 1. The monoisotopic (exact) mass is 239 g/mol. The molecule has 2 aliphatic rings. The number of carbonyl (C=O) groups excluding carboxylic acids is 1. The third-order valence-electron chi connectivity index (χ3n) is 4.12. The minimum Gasteiger partial charge on any atom is -0.479 e. The lowest BCUT2D eigenvalue weighted by Gasteiger charge is -2.45. The van der Waals surface area contributed by atoms with Crippen LogP contribution in [-0.4, -0.2) is 34.0 Å². The van der Waals surface area contributed by atoms with Crippen molar-refractivity contribution in [3.63, 3.8) is 0 Å². The Balaban J connectivity index is 2.29. The second kappa shape index (κ2) is 4.31. The SMILES string of the molecule is CC1CC(C)CC(C(=O)O)(N(C=O)C2CC2)C1. The Morgan fingerprint density at radius 1 is 1.29 bits per heavy atom. The average Bonchev–Trinajstić information content (AvgIpc) is 3.01. The lowest BCUT2D eigenvalue weighted by molar-refractivity contribution is -0.161. The van der Waals surface area contributed by atoms with Gasteiger partial charge in [-0.25, -0.2) is 4.79 Å². The van der Waals surface area contributed by atoms with Gasteiger partial charge in [0.05, 0.1) is 0 Å². The highest BCUT2D eigenvalue weighted by Gasteiger charge is 2.52. The van der Waals surface area contributed by atoms with Crippen molar-refractivity contribution in [3.05, 3.63) is 0 Å². The first kappa shape index (κ1) is 12.4. The number of carboxylic acid groups (broad SMARTS) is 1. The molecule has 2 unspecified atom stereocenters. The van der Waals surface area contributed by atoms with Gasteiger partial charge in [0.2, 0.25) is 6.41 Å². The van der Waals surface area contributed by atoms with Gasteiger partial charge < -0.3 is 10.0 Å². The lowest BCUT2D eigenvalue weighted by atomic mass is 9.70. The third-order valence-corrected chi connectivity index (χ3v) is 4.12. The van der Waals surface area contributed by atoms with Crippen molar-refractivity contribution < 1.29 is 14.7 Å². The van der Waals surface area contributed by atoms with E-state index in [0.717, 1.165) is 25.7 Å². The van der Waals surface area contributed by atoms with Crippen LogP contribution in [0.2, 0.25) is 0 Å². The Morgan fingerprint density at radius 3 is 2.18 bits per heavy atom. The molecule has 0 bridgehead atoms. The van der Waals surface area contributed by atoms with Crippen LogP contribution in [0.25, 0.3) is 0 Å². The summed E-state index contributed by atoms with van der Waals surface area (Å²) in [5, 5.41) is 9.60. The normalized spacial score (nSPS) is 37.5. The molecule has 2 fully saturated rings. The largest absolute Gasteiger partial charge is 0.479 e. The molecular weight excluding hydrogens is 218 g/mol. The molecule has 1 N–H and O–H groups in total. The first-order chi connectivity index (χ1) is 7.99. The van der Waals surface area contributed by atoms with E-state index in [1.165, 1.54) is 0 Å². The van der Waals surface area contributed by atoms with Crippen molar-refractivity contribution in [2.75, 3.05) is 0 Å². The zero-order valence-corrected chi connectivity index (χ0v) is 10.6. The molecule has 4 nitrogen and oxygen atoms in total. The van der Waals surface area contributed by atoms with Crippen molar-refractivity contribution in [1.82, 2.24) is 4.90 Å². The quantitative estimate of drug-likeness (QED) is 0.762. The Bertz CT molecular complexity index is 315. The van der Waals surface area contributed by atoms with Crippen LogP contribution in [0.5, 0.6) is 0 Å². The molecule has 0 saturated heterocycles. The summed E-state index contributed by atoms with van der Waals surface area (Å²) < 4.78 is 0. The third kappa shape index (κ3) is 2.17. The number of carboxylic acids is 1. The van der Waals surface area contributed by atoms with Crippen LogP contribution in [-0.2, 0) is 9.59 Å². The molecule has 2 rings (SSSR count). The summed E-state index contributed by atoms with van der Waals surface area (Å²) in [7, 11) is 0. The highest BCUT2D eigenvalue weighted by atomic mass is 16.4. The van der Waals surface area contributed by atoms with Gasteiger partial charge in [-0.05, 0) is 43.9 Å². The summed E-state index contributed by atoms with van der Waals surface area (Å²) in [6.45, 7) is 4.17. The standard InChI is InChI=1S/C13H21NO3/c1-9-5-10(2)7-13(6-9,12(16)17)14(8-15)11-3-4-11/h8-11H,3-7H2,1-2H3,(H,16,17). The van der Waals surface area contributed by atoms with E-state index in [-0.39, 0.29) is 6.04 Å². The van der Waals surface area contributed by atoms with Crippen LogP contribution in [0.4, 0.5) is 0 Å². The Hall–Kier alpha value is -1.06.